The fraction of sp³-hybridized carbons (Fsp3) is 0.529. The van der Waals surface area contributed by atoms with Crippen molar-refractivity contribution in [2.75, 3.05) is 6.54 Å². The number of nitrogens with zero attached hydrogens (tertiary/aromatic N) is 3. The predicted octanol–water partition coefficient (Wildman–Crippen LogP) is 1.47. The van der Waals surface area contributed by atoms with E-state index in [1.807, 2.05) is 13.8 Å². The fourth-order valence-corrected chi connectivity index (χ4v) is 2.71. The molecule has 128 valence electrons. The molecule has 7 nitrogen and oxygen atoms in total. The zero-order valence-electron chi connectivity index (χ0n) is 14.0. The first kappa shape index (κ1) is 16.4. The normalized spacial score (nSPS) is 13.9. The molecule has 2 heterocycles. The molecule has 3 rings (SSSR count). The molecule has 0 saturated heterocycles. The highest BCUT2D eigenvalue weighted by atomic mass is 16.5. The second-order valence-electron chi connectivity index (χ2n) is 6.25. The van der Waals surface area contributed by atoms with Crippen LogP contribution < -0.4 is 10.9 Å². The molecule has 0 spiro atoms. The molecule has 0 radical (unpaired) electrons. The number of carbonyl (C=O) groups is 1. The summed E-state index contributed by atoms with van der Waals surface area (Å²) in [5.41, 5.74) is 2.65. The van der Waals surface area contributed by atoms with E-state index in [1.54, 1.807) is 12.1 Å². The van der Waals surface area contributed by atoms with Crippen LogP contribution in [0.5, 0.6) is 0 Å². The number of nitrogens with one attached hydrogen (secondary N) is 1. The highest BCUT2D eigenvalue weighted by Crippen LogP contribution is 2.38. The Balaban J connectivity index is 1.47. The Morgan fingerprint density at radius 3 is 2.83 bits per heavy atom. The van der Waals surface area contributed by atoms with E-state index < -0.39 is 0 Å². The Hall–Kier alpha value is -2.44. The molecule has 0 bridgehead atoms. The zero-order chi connectivity index (χ0) is 17.1. The maximum Gasteiger partial charge on any atom is 0.266 e. The molecule has 0 aromatic carbocycles. The van der Waals surface area contributed by atoms with Gasteiger partial charge in [-0.15, -0.1) is 0 Å². The lowest BCUT2D eigenvalue weighted by atomic mass is 10.1. The maximum atomic E-state index is 12.0. The van der Waals surface area contributed by atoms with E-state index >= 15 is 0 Å². The number of aromatic nitrogens is 3. The third-order valence-corrected chi connectivity index (χ3v) is 4.31. The second-order valence-corrected chi connectivity index (χ2v) is 6.25. The van der Waals surface area contributed by atoms with Gasteiger partial charge in [-0.1, -0.05) is 5.16 Å². The summed E-state index contributed by atoms with van der Waals surface area (Å²) in [6.45, 7) is 4.49. The molecule has 0 unspecified atom stereocenters. The predicted molar refractivity (Wildman–Crippen MR) is 87.8 cm³/mol. The van der Waals surface area contributed by atoms with Crippen LogP contribution in [-0.4, -0.2) is 27.4 Å². The highest BCUT2D eigenvalue weighted by Gasteiger charge is 2.25. The summed E-state index contributed by atoms with van der Waals surface area (Å²) < 4.78 is 6.52. The molecule has 1 saturated carbocycles. The van der Waals surface area contributed by atoms with E-state index in [0.29, 0.717) is 31.8 Å². The molecule has 1 N–H and O–H groups in total. The molecule has 0 aliphatic heterocycles. The van der Waals surface area contributed by atoms with E-state index in [-0.39, 0.29) is 11.5 Å². The van der Waals surface area contributed by atoms with Crippen LogP contribution >= 0.6 is 0 Å². The number of amides is 1. The van der Waals surface area contributed by atoms with Crippen molar-refractivity contribution in [3.8, 4) is 0 Å². The highest BCUT2D eigenvalue weighted by molar-refractivity contribution is 5.76. The summed E-state index contributed by atoms with van der Waals surface area (Å²) in [5.74, 6) is 1.20. The Morgan fingerprint density at radius 2 is 2.17 bits per heavy atom. The number of rotatable bonds is 7. The van der Waals surface area contributed by atoms with Crippen LogP contribution in [0.2, 0.25) is 0 Å². The topological polar surface area (TPSA) is 90.0 Å². The quantitative estimate of drug-likeness (QED) is 0.830. The van der Waals surface area contributed by atoms with Gasteiger partial charge in [-0.2, -0.15) is 5.10 Å². The van der Waals surface area contributed by atoms with Gasteiger partial charge in [-0.3, -0.25) is 9.59 Å². The molecule has 1 amide bonds. The van der Waals surface area contributed by atoms with E-state index in [2.05, 4.69) is 15.6 Å². The molecule has 1 aliphatic rings. The van der Waals surface area contributed by atoms with Crippen LogP contribution in [0.1, 0.15) is 47.9 Å². The van der Waals surface area contributed by atoms with Gasteiger partial charge in [0.15, 0.2) is 0 Å². The maximum absolute atomic E-state index is 12.0. The van der Waals surface area contributed by atoms with E-state index in [0.717, 1.165) is 35.6 Å². The van der Waals surface area contributed by atoms with Gasteiger partial charge in [0.1, 0.15) is 5.76 Å². The smallest absolute Gasteiger partial charge is 0.266 e. The van der Waals surface area contributed by atoms with Crippen molar-refractivity contribution in [1.29, 1.82) is 0 Å². The van der Waals surface area contributed by atoms with Crippen molar-refractivity contribution >= 4 is 5.91 Å². The minimum absolute atomic E-state index is 0.0543. The minimum atomic E-state index is -0.135. The van der Waals surface area contributed by atoms with Crippen molar-refractivity contribution in [2.24, 2.45) is 0 Å². The molecule has 2 aromatic rings. The minimum Gasteiger partial charge on any atom is -0.361 e. The SMILES string of the molecule is Cc1noc(C)c1CCC(=O)NCCn1nc(C2CC2)ccc1=O. The first-order chi connectivity index (χ1) is 11.5. The van der Waals surface area contributed by atoms with Gasteiger partial charge in [0, 0.05) is 30.5 Å². The molecular weight excluding hydrogens is 308 g/mol. The van der Waals surface area contributed by atoms with Crippen LogP contribution in [0.3, 0.4) is 0 Å². The summed E-state index contributed by atoms with van der Waals surface area (Å²) in [7, 11) is 0. The Morgan fingerprint density at radius 1 is 1.38 bits per heavy atom. The first-order valence-electron chi connectivity index (χ1n) is 8.31. The average molecular weight is 330 g/mol. The van der Waals surface area contributed by atoms with E-state index in [1.165, 1.54) is 4.68 Å². The summed E-state index contributed by atoms with van der Waals surface area (Å²) in [4.78, 5) is 23.8. The van der Waals surface area contributed by atoms with Crippen LogP contribution in [0.25, 0.3) is 0 Å². The Labute approximate surface area is 140 Å². The second kappa shape index (κ2) is 6.98. The molecule has 24 heavy (non-hydrogen) atoms. The molecule has 0 atom stereocenters. The summed E-state index contributed by atoms with van der Waals surface area (Å²) in [6, 6.07) is 3.36. The van der Waals surface area contributed by atoms with E-state index in [4.69, 9.17) is 4.52 Å². The van der Waals surface area contributed by atoms with Gasteiger partial charge in [-0.05, 0) is 39.2 Å². The average Bonchev–Trinajstić information content (AvgIpc) is 3.35. The van der Waals surface area contributed by atoms with E-state index in [9.17, 15) is 9.59 Å². The summed E-state index contributed by atoms with van der Waals surface area (Å²) >= 11 is 0. The van der Waals surface area contributed by atoms with Gasteiger partial charge in [-0.25, -0.2) is 4.68 Å². The molecule has 1 fully saturated rings. The summed E-state index contributed by atoms with van der Waals surface area (Å²) in [6.07, 6.45) is 3.25. The lowest BCUT2D eigenvalue weighted by Crippen LogP contribution is -2.32. The third kappa shape index (κ3) is 3.90. The number of aryl methyl sites for hydroxylation is 2. The fourth-order valence-electron chi connectivity index (χ4n) is 2.71. The number of carbonyl (C=O) groups excluding carboxylic acids is 1. The van der Waals surface area contributed by atoms with Crippen molar-refractivity contribution in [1.82, 2.24) is 20.3 Å². The lowest BCUT2D eigenvalue weighted by molar-refractivity contribution is -0.121. The largest absolute Gasteiger partial charge is 0.361 e. The zero-order valence-corrected chi connectivity index (χ0v) is 14.0. The Kier molecular flexibility index (Phi) is 4.78. The van der Waals surface area contributed by atoms with Crippen molar-refractivity contribution in [3.63, 3.8) is 0 Å². The van der Waals surface area contributed by atoms with Gasteiger partial charge in [0.05, 0.1) is 17.9 Å². The molecular formula is C17H22N4O3. The first-order valence-corrected chi connectivity index (χ1v) is 8.31. The molecule has 7 heteroatoms. The van der Waals surface area contributed by atoms with Gasteiger partial charge >= 0.3 is 0 Å². The standard InChI is InChI=1S/C17H22N4O3/c1-11-14(12(2)24-20-11)5-7-16(22)18-9-10-21-17(23)8-6-15(19-21)13-3-4-13/h6,8,13H,3-5,7,9-10H2,1-2H3,(H,18,22). The Bertz CT molecular complexity index is 770. The lowest BCUT2D eigenvalue weighted by Gasteiger charge is -2.08. The monoisotopic (exact) mass is 330 g/mol. The van der Waals surface area contributed by atoms with Crippen LogP contribution in [-0.2, 0) is 17.8 Å². The third-order valence-electron chi connectivity index (χ3n) is 4.31. The van der Waals surface area contributed by atoms with Crippen LogP contribution in [0.4, 0.5) is 0 Å². The molecule has 2 aromatic heterocycles. The van der Waals surface area contributed by atoms with Crippen LogP contribution in [0.15, 0.2) is 21.5 Å². The number of hydrogen-bond donors (Lipinski definition) is 1. The van der Waals surface area contributed by atoms with Crippen molar-refractivity contribution in [3.05, 3.63) is 45.2 Å². The van der Waals surface area contributed by atoms with Crippen molar-refractivity contribution in [2.45, 2.75) is 52.0 Å². The number of hydrogen-bond acceptors (Lipinski definition) is 5. The van der Waals surface area contributed by atoms with Crippen LogP contribution in [0, 0.1) is 13.8 Å². The van der Waals surface area contributed by atoms with Gasteiger partial charge in [0.25, 0.3) is 5.56 Å². The van der Waals surface area contributed by atoms with Gasteiger partial charge in [0.2, 0.25) is 5.91 Å². The van der Waals surface area contributed by atoms with Gasteiger partial charge < -0.3 is 9.84 Å². The molecule has 1 aliphatic carbocycles. The summed E-state index contributed by atoms with van der Waals surface area (Å²) in [5, 5.41) is 11.1. The van der Waals surface area contributed by atoms with Crippen molar-refractivity contribution < 1.29 is 9.32 Å².